The highest BCUT2D eigenvalue weighted by Crippen LogP contribution is 2.22. The molecule has 19 heavy (non-hydrogen) atoms. The van der Waals surface area contributed by atoms with Gasteiger partial charge in [0.05, 0.1) is 7.11 Å². The highest BCUT2D eigenvalue weighted by Gasteiger charge is 2.01. The standard InChI is InChI=1S/C15H16BrNO2/c1-19-14-6-2-11(3-7-14)9-17-10-12-4-5-13(16)8-15(12)18/h2-8,17-18H,9-10H2,1H3. The Morgan fingerprint density at radius 2 is 1.84 bits per heavy atom. The molecule has 3 nitrogen and oxygen atoms in total. The third-order valence-corrected chi connectivity index (χ3v) is 3.34. The third-order valence-electron chi connectivity index (χ3n) is 2.85. The molecule has 0 atom stereocenters. The summed E-state index contributed by atoms with van der Waals surface area (Å²) in [7, 11) is 1.66. The van der Waals surface area contributed by atoms with Crippen molar-refractivity contribution in [2.24, 2.45) is 0 Å². The molecular weight excluding hydrogens is 306 g/mol. The largest absolute Gasteiger partial charge is 0.508 e. The van der Waals surface area contributed by atoms with Crippen LogP contribution in [0.15, 0.2) is 46.9 Å². The van der Waals surface area contributed by atoms with E-state index in [1.54, 1.807) is 13.2 Å². The second-order valence-electron chi connectivity index (χ2n) is 4.22. The number of phenolic OH excluding ortho intramolecular Hbond substituents is 1. The van der Waals surface area contributed by atoms with E-state index in [1.165, 1.54) is 5.56 Å². The lowest BCUT2D eigenvalue weighted by Crippen LogP contribution is -2.12. The number of halogens is 1. The highest BCUT2D eigenvalue weighted by molar-refractivity contribution is 9.10. The first-order valence-electron chi connectivity index (χ1n) is 6.00. The summed E-state index contributed by atoms with van der Waals surface area (Å²) in [5.41, 5.74) is 2.06. The lowest BCUT2D eigenvalue weighted by atomic mass is 10.2. The van der Waals surface area contributed by atoms with Gasteiger partial charge in [0.1, 0.15) is 11.5 Å². The molecule has 0 aliphatic heterocycles. The molecule has 0 aliphatic carbocycles. The fourth-order valence-electron chi connectivity index (χ4n) is 1.77. The fourth-order valence-corrected chi connectivity index (χ4v) is 2.12. The van der Waals surface area contributed by atoms with Crippen molar-refractivity contribution >= 4 is 15.9 Å². The van der Waals surface area contributed by atoms with E-state index in [0.717, 1.165) is 22.3 Å². The van der Waals surface area contributed by atoms with Crippen molar-refractivity contribution in [1.82, 2.24) is 5.32 Å². The summed E-state index contributed by atoms with van der Waals surface area (Å²) in [4.78, 5) is 0. The molecule has 0 saturated heterocycles. The van der Waals surface area contributed by atoms with E-state index in [2.05, 4.69) is 21.2 Å². The molecule has 0 aliphatic rings. The van der Waals surface area contributed by atoms with E-state index in [1.807, 2.05) is 36.4 Å². The number of methoxy groups -OCH3 is 1. The number of hydrogen-bond donors (Lipinski definition) is 2. The van der Waals surface area contributed by atoms with Crippen LogP contribution in [0.5, 0.6) is 11.5 Å². The Labute approximate surface area is 121 Å². The first-order chi connectivity index (χ1) is 9.19. The molecule has 4 heteroatoms. The first-order valence-corrected chi connectivity index (χ1v) is 6.79. The van der Waals surface area contributed by atoms with Gasteiger partial charge in [0, 0.05) is 23.1 Å². The summed E-state index contributed by atoms with van der Waals surface area (Å²) in [6.45, 7) is 1.38. The predicted molar refractivity (Wildman–Crippen MR) is 79.3 cm³/mol. The molecule has 0 amide bonds. The maximum Gasteiger partial charge on any atom is 0.121 e. The molecule has 2 aromatic rings. The van der Waals surface area contributed by atoms with Gasteiger partial charge >= 0.3 is 0 Å². The molecule has 0 unspecified atom stereocenters. The number of hydrogen-bond acceptors (Lipinski definition) is 3. The van der Waals surface area contributed by atoms with Crippen LogP contribution in [0.2, 0.25) is 0 Å². The average Bonchev–Trinajstić information content (AvgIpc) is 2.42. The van der Waals surface area contributed by atoms with E-state index in [-0.39, 0.29) is 0 Å². The highest BCUT2D eigenvalue weighted by atomic mass is 79.9. The maximum absolute atomic E-state index is 9.77. The van der Waals surface area contributed by atoms with Crippen LogP contribution < -0.4 is 10.1 Å². The van der Waals surface area contributed by atoms with Crippen molar-refractivity contribution in [3.8, 4) is 11.5 Å². The summed E-state index contributed by atoms with van der Waals surface area (Å²) < 4.78 is 5.99. The van der Waals surface area contributed by atoms with Gasteiger partial charge in [-0.05, 0) is 29.8 Å². The monoisotopic (exact) mass is 321 g/mol. The number of aromatic hydroxyl groups is 1. The molecule has 0 bridgehead atoms. The van der Waals surface area contributed by atoms with Crippen molar-refractivity contribution in [1.29, 1.82) is 0 Å². The van der Waals surface area contributed by atoms with Gasteiger partial charge in [0.25, 0.3) is 0 Å². The molecular formula is C15H16BrNO2. The smallest absolute Gasteiger partial charge is 0.121 e. The molecule has 0 aromatic heterocycles. The zero-order valence-corrected chi connectivity index (χ0v) is 12.3. The Morgan fingerprint density at radius 3 is 2.47 bits per heavy atom. The van der Waals surface area contributed by atoms with E-state index < -0.39 is 0 Å². The SMILES string of the molecule is COc1ccc(CNCc2ccc(Br)cc2O)cc1. The Kier molecular flexibility index (Phi) is 4.82. The summed E-state index contributed by atoms with van der Waals surface area (Å²) >= 11 is 3.32. The fraction of sp³-hybridized carbons (Fsp3) is 0.200. The van der Waals surface area contributed by atoms with Crippen molar-refractivity contribution in [3.05, 3.63) is 58.1 Å². The zero-order valence-electron chi connectivity index (χ0n) is 10.7. The summed E-state index contributed by atoms with van der Waals surface area (Å²) in [6.07, 6.45) is 0. The van der Waals surface area contributed by atoms with Gasteiger partial charge < -0.3 is 15.2 Å². The van der Waals surface area contributed by atoms with Gasteiger partial charge in [-0.2, -0.15) is 0 Å². The molecule has 100 valence electrons. The van der Waals surface area contributed by atoms with Crippen molar-refractivity contribution in [2.75, 3.05) is 7.11 Å². The van der Waals surface area contributed by atoms with Crippen molar-refractivity contribution in [3.63, 3.8) is 0 Å². The van der Waals surface area contributed by atoms with E-state index in [0.29, 0.717) is 12.3 Å². The van der Waals surface area contributed by atoms with Crippen LogP contribution in [-0.4, -0.2) is 12.2 Å². The molecule has 2 N–H and O–H groups in total. The van der Waals surface area contributed by atoms with Crippen LogP contribution >= 0.6 is 15.9 Å². The van der Waals surface area contributed by atoms with Gasteiger partial charge in [-0.15, -0.1) is 0 Å². The van der Waals surface area contributed by atoms with E-state index in [9.17, 15) is 5.11 Å². The van der Waals surface area contributed by atoms with Crippen LogP contribution in [0.3, 0.4) is 0 Å². The van der Waals surface area contributed by atoms with Crippen LogP contribution in [0.25, 0.3) is 0 Å². The number of benzene rings is 2. The van der Waals surface area contributed by atoms with Gasteiger partial charge in [-0.1, -0.05) is 34.1 Å². The molecule has 0 fully saturated rings. The van der Waals surface area contributed by atoms with Crippen LogP contribution in [-0.2, 0) is 13.1 Å². The first kappa shape index (κ1) is 13.9. The van der Waals surface area contributed by atoms with Crippen molar-refractivity contribution in [2.45, 2.75) is 13.1 Å². The molecule has 0 radical (unpaired) electrons. The summed E-state index contributed by atoms with van der Waals surface area (Å²) in [5.74, 6) is 1.16. The lowest BCUT2D eigenvalue weighted by Gasteiger charge is -2.08. The van der Waals surface area contributed by atoms with Crippen LogP contribution in [0, 0.1) is 0 Å². The average molecular weight is 322 g/mol. The normalized spacial score (nSPS) is 10.4. The molecule has 2 aromatic carbocycles. The minimum absolute atomic E-state index is 0.302. The predicted octanol–water partition coefficient (Wildman–Crippen LogP) is 3.45. The van der Waals surface area contributed by atoms with Crippen LogP contribution in [0.4, 0.5) is 0 Å². The van der Waals surface area contributed by atoms with E-state index >= 15 is 0 Å². The zero-order chi connectivity index (χ0) is 13.7. The quantitative estimate of drug-likeness (QED) is 0.886. The number of nitrogens with one attached hydrogen (secondary N) is 1. The lowest BCUT2D eigenvalue weighted by molar-refractivity contribution is 0.414. The van der Waals surface area contributed by atoms with Crippen molar-refractivity contribution < 1.29 is 9.84 Å². The Hall–Kier alpha value is -1.52. The minimum Gasteiger partial charge on any atom is -0.508 e. The minimum atomic E-state index is 0.302. The van der Waals surface area contributed by atoms with Crippen LogP contribution in [0.1, 0.15) is 11.1 Å². The second kappa shape index (κ2) is 6.59. The van der Waals surface area contributed by atoms with Gasteiger partial charge in [-0.3, -0.25) is 0 Å². The Bertz CT molecular complexity index is 540. The molecule has 0 spiro atoms. The molecule has 0 saturated carbocycles. The Morgan fingerprint density at radius 1 is 1.11 bits per heavy atom. The van der Waals surface area contributed by atoms with E-state index in [4.69, 9.17) is 4.74 Å². The number of ether oxygens (including phenoxy) is 1. The number of rotatable bonds is 5. The van der Waals surface area contributed by atoms with Gasteiger partial charge in [-0.25, -0.2) is 0 Å². The third kappa shape index (κ3) is 3.98. The number of phenols is 1. The van der Waals surface area contributed by atoms with Gasteiger partial charge in [0.15, 0.2) is 0 Å². The molecule has 2 rings (SSSR count). The second-order valence-corrected chi connectivity index (χ2v) is 5.14. The summed E-state index contributed by atoms with van der Waals surface area (Å²) in [6, 6.07) is 13.4. The summed E-state index contributed by atoms with van der Waals surface area (Å²) in [5, 5.41) is 13.1. The Balaban J connectivity index is 1.88. The van der Waals surface area contributed by atoms with Gasteiger partial charge in [0.2, 0.25) is 0 Å². The maximum atomic E-state index is 9.77. The topological polar surface area (TPSA) is 41.5 Å². The molecule has 0 heterocycles.